The van der Waals surface area contributed by atoms with Crippen molar-refractivity contribution in [1.82, 2.24) is 4.90 Å². The molecule has 0 radical (unpaired) electrons. The van der Waals surface area contributed by atoms with Crippen molar-refractivity contribution in [3.63, 3.8) is 0 Å². The topological polar surface area (TPSA) is 20.3 Å². The van der Waals surface area contributed by atoms with Crippen LogP contribution >= 0.6 is 22.9 Å². The van der Waals surface area contributed by atoms with E-state index in [1.54, 1.807) is 11.3 Å². The van der Waals surface area contributed by atoms with Crippen LogP contribution in [0.4, 0.5) is 0 Å². The van der Waals surface area contributed by atoms with Crippen LogP contribution in [0.25, 0.3) is 0 Å². The Hall–Kier alpha value is -0.540. The van der Waals surface area contributed by atoms with Gasteiger partial charge in [0.2, 0.25) is 0 Å². The number of amides is 1. The first-order valence-electron chi connectivity index (χ1n) is 7.78. The first-order chi connectivity index (χ1) is 9.79. The minimum Gasteiger partial charge on any atom is -0.334 e. The molecular formula is C16H22ClNOS. The fourth-order valence-corrected chi connectivity index (χ4v) is 4.55. The average Bonchev–Trinajstić information content (AvgIpc) is 2.67. The maximum atomic E-state index is 12.8. The Bertz CT molecular complexity index is 457. The Morgan fingerprint density at radius 1 is 1.25 bits per heavy atom. The number of nitrogens with zero attached hydrogens (tertiary/aromatic N) is 1. The number of carbonyl (C=O) groups excluding carboxylic acids is 1. The van der Waals surface area contributed by atoms with Gasteiger partial charge < -0.3 is 4.90 Å². The molecule has 1 amide bonds. The number of thiophene rings is 1. The molecule has 1 heterocycles. The summed E-state index contributed by atoms with van der Waals surface area (Å²) < 4.78 is 0. The number of halogens is 1. The highest BCUT2D eigenvalue weighted by atomic mass is 35.5. The molecule has 0 aromatic carbocycles. The van der Waals surface area contributed by atoms with Crippen LogP contribution in [-0.2, 0) is 12.8 Å². The molecule has 1 aromatic rings. The molecule has 0 atom stereocenters. The highest BCUT2D eigenvalue weighted by Crippen LogP contribution is 2.32. The van der Waals surface area contributed by atoms with Crippen molar-refractivity contribution < 1.29 is 4.79 Å². The van der Waals surface area contributed by atoms with Gasteiger partial charge >= 0.3 is 0 Å². The number of alkyl halides is 1. The molecule has 20 heavy (non-hydrogen) atoms. The summed E-state index contributed by atoms with van der Waals surface area (Å²) in [6.07, 6.45) is 9.72. The third-order valence-electron chi connectivity index (χ3n) is 4.56. The summed E-state index contributed by atoms with van der Waals surface area (Å²) in [5.74, 6) is 0.751. The standard InChI is InChI=1S/C16H22ClNOS/c17-9-10-18(13-6-4-7-13)16(19)15-11-12-5-2-1-3-8-14(12)20-15/h11,13H,1-10H2. The average molecular weight is 312 g/mol. The van der Waals surface area contributed by atoms with E-state index >= 15 is 0 Å². The van der Waals surface area contributed by atoms with Gasteiger partial charge in [-0.1, -0.05) is 6.42 Å². The van der Waals surface area contributed by atoms with Crippen LogP contribution in [0.5, 0.6) is 0 Å². The molecule has 0 N–H and O–H groups in total. The molecule has 2 aliphatic carbocycles. The SMILES string of the molecule is O=C(c1cc2c(s1)CCCCC2)N(CCCl)C1CCC1. The van der Waals surface area contributed by atoms with Crippen molar-refractivity contribution in [3.05, 3.63) is 21.4 Å². The summed E-state index contributed by atoms with van der Waals surface area (Å²) in [4.78, 5) is 17.2. The lowest BCUT2D eigenvalue weighted by molar-refractivity contribution is 0.0603. The van der Waals surface area contributed by atoms with Gasteiger partial charge in [-0.2, -0.15) is 0 Å². The second kappa shape index (κ2) is 6.48. The fraction of sp³-hybridized carbons (Fsp3) is 0.688. The van der Waals surface area contributed by atoms with Gasteiger partial charge in [-0.3, -0.25) is 4.79 Å². The maximum absolute atomic E-state index is 12.8. The van der Waals surface area contributed by atoms with E-state index in [0.717, 1.165) is 30.6 Å². The van der Waals surface area contributed by atoms with Crippen molar-refractivity contribution in [2.75, 3.05) is 12.4 Å². The van der Waals surface area contributed by atoms with Gasteiger partial charge in [0.1, 0.15) is 0 Å². The summed E-state index contributed by atoms with van der Waals surface area (Å²) in [5, 5.41) is 0. The van der Waals surface area contributed by atoms with Gasteiger partial charge in [0.15, 0.2) is 0 Å². The van der Waals surface area contributed by atoms with Crippen LogP contribution in [0.2, 0.25) is 0 Å². The Morgan fingerprint density at radius 2 is 2.05 bits per heavy atom. The summed E-state index contributed by atoms with van der Waals surface area (Å²) in [7, 11) is 0. The highest BCUT2D eigenvalue weighted by Gasteiger charge is 2.30. The van der Waals surface area contributed by atoms with Crippen molar-refractivity contribution in [3.8, 4) is 0 Å². The molecule has 1 aromatic heterocycles. The van der Waals surface area contributed by atoms with Gasteiger partial charge in [0.05, 0.1) is 4.88 Å². The van der Waals surface area contributed by atoms with E-state index in [-0.39, 0.29) is 5.91 Å². The van der Waals surface area contributed by atoms with Gasteiger partial charge in [-0.05, 0) is 56.6 Å². The molecule has 0 saturated heterocycles. The zero-order chi connectivity index (χ0) is 13.9. The lowest BCUT2D eigenvalue weighted by Gasteiger charge is -2.37. The molecule has 4 heteroatoms. The Kier molecular flexibility index (Phi) is 4.67. The maximum Gasteiger partial charge on any atom is 0.264 e. The molecule has 3 rings (SSSR count). The van der Waals surface area contributed by atoms with E-state index in [9.17, 15) is 4.79 Å². The Balaban J connectivity index is 1.78. The number of fused-ring (bicyclic) bond motifs is 1. The molecule has 0 bridgehead atoms. The third-order valence-corrected chi connectivity index (χ3v) is 5.95. The Morgan fingerprint density at radius 3 is 2.75 bits per heavy atom. The third kappa shape index (κ3) is 2.89. The predicted molar refractivity (Wildman–Crippen MR) is 85.0 cm³/mol. The monoisotopic (exact) mass is 311 g/mol. The second-order valence-electron chi connectivity index (χ2n) is 5.89. The number of carbonyl (C=O) groups is 1. The summed E-state index contributed by atoms with van der Waals surface area (Å²) in [5.41, 5.74) is 1.43. The second-order valence-corrected chi connectivity index (χ2v) is 7.41. The zero-order valence-corrected chi connectivity index (χ0v) is 13.4. The number of rotatable bonds is 4. The minimum absolute atomic E-state index is 0.216. The number of aryl methyl sites for hydroxylation is 2. The predicted octanol–water partition coefficient (Wildman–Crippen LogP) is 4.25. The van der Waals surface area contributed by atoms with Crippen LogP contribution in [0.15, 0.2) is 6.07 Å². The molecule has 1 saturated carbocycles. The molecule has 2 aliphatic rings. The summed E-state index contributed by atoms with van der Waals surface area (Å²) in [6.45, 7) is 0.688. The molecule has 2 nitrogen and oxygen atoms in total. The first-order valence-corrected chi connectivity index (χ1v) is 9.13. The zero-order valence-electron chi connectivity index (χ0n) is 11.9. The van der Waals surface area contributed by atoms with Gasteiger partial charge in [-0.15, -0.1) is 22.9 Å². The van der Waals surface area contributed by atoms with E-state index < -0.39 is 0 Å². The smallest absolute Gasteiger partial charge is 0.264 e. The van der Waals surface area contributed by atoms with Crippen LogP contribution in [0.1, 0.15) is 58.6 Å². The molecular weight excluding hydrogens is 290 g/mol. The molecule has 0 spiro atoms. The lowest BCUT2D eigenvalue weighted by Crippen LogP contribution is -2.45. The van der Waals surface area contributed by atoms with E-state index in [2.05, 4.69) is 6.07 Å². The van der Waals surface area contributed by atoms with Gasteiger partial charge in [0, 0.05) is 23.3 Å². The van der Waals surface area contributed by atoms with Crippen molar-refractivity contribution in [1.29, 1.82) is 0 Å². The normalized spacial score (nSPS) is 19.1. The van der Waals surface area contributed by atoms with Crippen molar-refractivity contribution in [2.45, 2.75) is 57.4 Å². The van der Waals surface area contributed by atoms with Crippen LogP contribution in [-0.4, -0.2) is 29.3 Å². The largest absolute Gasteiger partial charge is 0.334 e. The summed E-state index contributed by atoms with van der Waals surface area (Å²) in [6, 6.07) is 2.59. The molecule has 1 fully saturated rings. The van der Waals surface area contributed by atoms with Crippen LogP contribution < -0.4 is 0 Å². The van der Waals surface area contributed by atoms with Gasteiger partial charge in [-0.25, -0.2) is 0 Å². The van der Waals surface area contributed by atoms with Crippen LogP contribution in [0, 0.1) is 0 Å². The van der Waals surface area contributed by atoms with E-state index in [1.165, 1.54) is 36.1 Å². The van der Waals surface area contributed by atoms with Crippen LogP contribution in [0.3, 0.4) is 0 Å². The first kappa shape index (κ1) is 14.4. The fourth-order valence-electron chi connectivity index (χ4n) is 3.15. The minimum atomic E-state index is 0.216. The molecule has 0 unspecified atom stereocenters. The van der Waals surface area contributed by atoms with Crippen molar-refractivity contribution in [2.24, 2.45) is 0 Å². The molecule has 110 valence electrons. The quantitative estimate of drug-likeness (QED) is 0.601. The number of hydrogen-bond donors (Lipinski definition) is 0. The van der Waals surface area contributed by atoms with Crippen molar-refractivity contribution >= 4 is 28.8 Å². The van der Waals surface area contributed by atoms with Gasteiger partial charge in [0.25, 0.3) is 5.91 Å². The van der Waals surface area contributed by atoms with E-state index in [0.29, 0.717) is 18.5 Å². The van der Waals surface area contributed by atoms with E-state index in [4.69, 9.17) is 11.6 Å². The lowest BCUT2D eigenvalue weighted by atomic mass is 9.91. The highest BCUT2D eigenvalue weighted by molar-refractivity contribution is 7.14. The summed E-state index contributed by atoms with van der Waals surface area (Å²) >= 11 is 7.61. The number of hydrogen-bond acceptors (Lipinski definition) is 2. The Labute approximate surface area is 130 Å². The van der Waals surface area contributed by atoms with E-state index in [1.807, 2.05) is 4.90 Å². The molecule has 0 aliphatic heterocycles.